The van der Waals surface area contributed by atoms with E-state index in [0.717, 1.165) is 50.4 Å². The third-order valence-electron chi connectivity index (χ3n) is 6.51. The maximum Gasteiger partial charge on any atom is 0.416 e. The molecule has 1 aliphatic heterocycles. The number of halogens is 3. The van der Waals surface area contributed by atoms with Crippen LogP contribution in [-0.2, 0) is 17.5 Å². The summed E-state index contributed by atoms with van der Waals surface area (Å²) in [5.41, 5.74) is 0.540. The van der Waals surface area contributed by atoms with Crippen LogP contribution >= 0.6 is 0 Å². The van der Waals surface area contributed by atoms with Crippen LogP contribution in [0.2, 0.25) is 0 Å². The van der Waals surface area contributed by atoms with Gasteiger partial charge >= 0.3 is 6.18 Å². The van der Waals surface area contributed by atoms with Crippen LogP contribution in [0.3, 0.4) is 0 Å². The highest BCUT2D eigenvalue weighted by Crippen LogP contribution is 2.35. The van der Waals surface area contributed by atoms with E-state index in [2.05, 4.69) is 15.2 Å². The summed E-state index contributed by atoms with van der Waals surface area (Å²) in [4.78, 5) is 19.3. The predicted octanol–water partition coefficient (Wildman–Crippen LogP) is 4.97. The molecular weight excluding hydrogens is 403 g/mol. The SMILES string of the molecule is O=C(N[C@@H](c1ccccn1)[C@@H]1CCCN(Cc2ccccc2C(F)(F)F)C1)C1CCC1. The van der Waals surface area contributed by atoms with Crippen LogP contribution in [0.1, 0.15) is 55.0 Å². The van der Waals surface area contributed by atoms with Crippen molar-refractivity contribution in [3.05, 3.63) is 65.5 Å². The van der Waals surface area contributed by atoms with Crippen molar-refractivity contribution in [3.8, 4) is 0 Å². The highest BCUT2D eigenvalue weighted by Gasteiger charge is 2.36. The van der Waals surface area contributed by atoms with Gasteiger partial charge in [0.25, 0.3) is 0 Å². The number of likely N-dealkylation sites (tertiary alicyclic amines) is 1. The molecular formula is C24H28F3N3O. The molecule has 2 aromatic rings. The maximum absolute atomic E-state index is 13.4. The molecule has 2 aliphatic rings. The smallest absolute Gasteiger partial charge is 0.347 e. The van der Waals surface area contributed by atoms with Gasteiger partial charge in [0.15, 0.2) is 0 Å². The number of benzene rings is 1. The zero-order valence-corrected chi connectivity index (χ0v) is 17.4. The molecule has 1 aromatic carbocycles. The summed E-state index contributed by atoms with van der Waals surface area (Å²) in [5.74, 6) is 0.247. The molecule has 0 radical (unpaired) electrons. The highest BCUT2D eigenvalue weighted by atomic mass is 19.4. The lowest BCUT2D eigenvalue weighted by atomic mass is 9.83. The van der Waals surface area contributed by atoms with Crippen molar-refractivity contribution in [3.63, 3.8) is 0 Å². The summed E-state index contributed by atoms with van der Waals surface area (Å²) in [6.07, 6.45) is 2.07. The first-order valence-corrected chi connectivity index (χ1v) is 11.0. The molecule has 0 spiro atoms. The first-order chi connectivity index (χ1) is 14.9. The lowest BCUT2D eigenvalue weighted by Crippen LogP contribution is -2.45. The number of hydrogen-bond donors (Lipinski definition) is 1. The van der Waals surface area contributed by atoms with Crippen molar-refractivity contribution in [2.45, 2.75) is 50.9 Å². The number of nitrogens with one attached hydrogen (secondary N) is 1. The second kappa shape index (κ2) is 9.39. The zero-order valence-electron chi connectivity index (χ0n) is 17.4. The third-order valence-corrected chi connectivity index (χ3v) is 6.51. The van der Waals surface area contributed by atoms with E-state index < -0.39 is 11.7 Å². The summed E-state index contributed by atoms with van der Waals surface area (Å²) >= 11 is 0. The Morgan fingerprint density at radius 2 is 1.87 bits per heavy atom. The average molecular weight is 432 g/mol. The first kappa shape index (κ1) is 21.8. The Labute approximate surface area is 180 Å². The minimum Gasteiger partial charge on any atom is -0.347 e. The van der Waals surface area contributed by atoms with Crippen LogP contribution in [0.15, 0.2) is 48.7 Å². The predicted molar refractivity (Wildman–Crippen MR) is 112 cm³/mol. The van der Waals surface area contributed by atoms with Crippen LogP contribution in [0.5, 0.6) is 0 Å². The van der Waals surface area contributed by atoms with Gasteiger partial charge < -0.3 is 5.32 Å². The van der Waals surface area contributed by atoms with Gasteiger partial charge in [0.1, 0.15) is 0 Å². The minimum absolute atomic E-state index is 0.0708. The molecule has 1 amide bonds. The van der Waals surface area contributed by atoms with Crippen molar-refractivity contribution in [2.24, 2.45) is 11.8 Å². The van der Waals surface area contributed by atoms with Crippen molar-refractivity contribution < 1.29 is 18.0 Å². The van der Waals surface area contributed by atoms with Crippen molar-refractivity contribution >= 4 is 5.91 Å². The Kier molecular flexibility index (Phi) is 6.60. The molecule has 1 saturated heterocycles. The number of aromatic nitrogens is 1. The van der Waals surface area contributed by atoms with Crippen LogP contribution in [0.25, 0.3) is 0 Å². The minimum atomic E-state index is -4.36. The molecule has 0 bridgehead atoms. The van der Waals surface area contributed by atoms with Gasteiger partial charge in [0, 0.05) is 25.2 Å². The Morgan fingerprint density at radius 3 is 2.55 bits per heavy atom. The van der Waals surface area contributed by atoms with Gasteiger partial charge in [-0.1, -0.05) is 30.7 Å². The Balaban J connectivity index is 1.50. The second-order valence-electron chi connectivity index (χ2n) is 8.66. The molecule has 1 N–H and O–H groups in total. The van der Waals surface area contributed by atoms with Gasteiger partial charge in [-0.2, -0.15) is 13.2 Å². The molecule has 2 heterocycles. The molecule has 4 rings (SSSR count). The van der Waals surface area contributed by atoms with Crippen LogP contribution in [0.4, 0.5) is 13.2 Å². The Bertz CT molecular complexity index is 883. The standard InChI is InChI=1S/C24H28F3N3O/c25-24(26,27)20-11-2-1-7-18(20)15-30-14-6-10-19(16-30)22(21-12-3-4-13-28-21)29-23(31)17-8-5-9-17/h1-4,7,11-13,17,19,22H,5-6,8-10,14-16H2,(H,29,31)/t19-,22-/m1/s1. The van der Waals surface area contributed by atoms with Gasteiger partial charge in [0.05, 0.1) is 17.3 Å². The number of hydrogen-bond acceptors (Lipinski definition) is 3. The van der Waals surface area contributed by atoms with E-state index in [1.807, 2.05) is 18.2 Å². The fourth-order valence-corrected chi connectivity index (χ4v) is 4.62. The molecule has 4 nitrogen and oxygen atoms in total. The summed E-state index contributed by atoms with van der Waals surface area (Å²) in [7, 11) is 0. The van der Waals surface area contributed by atoms with E-state index in [1.54, 1.807) is 18.3 Å². The van der Waals surface area contributed by atoms with E-state index in [1.165, 1.54) is 6.07 Å². The van der Waals surface area contributed by atoms with Crippen molar-refractivity contribution in [2.75, 3.05) is 13.1 Å². The number of carbonyl (C=O) groups is 1. The third kappa shape index (κ3) is 5.26. The topological polar surface area (TPSA) is 45.2 Å². The molecule has 1 aliphatic carbocycles. The van der Waals surface area contributed by atoms with E-state index in [-0.39, 0.29) is 30.3 Å². The van der Waals surface area contributed by atoms with Gasteiger partial charge in [0.2, 0.25) is 5.91 Å². The highest BCUT2D eigenvalue weighted by molar-refractivity contribution is 5.79. The Morgan fingerprint density at radius 1 is 1.10 bits per heavy atom. The lowest BCUT2D eigenvalue weighted by Gasteiger charge is -2.38. The van der Waals surface area contributed by atoms with Crippen molar-refractivity contribution in [1.29, 1.82) is 0 Å². The molecule has 7 heteroatoms. The molecule has 31 heavy (non-hydrogen) atoms. The largest absolute Gasteiger partial charge is 0.416 e. The van der Waals surface area contributed by atoms with E-state index in [0.29, 0.717) is 12.1 Å². The van der Waals surface area contributed by atoms with E-state index >= 15 is 0 Å². The van der Waals surface area contributed by atoms with Gasteiger partial charge in [-0.3, -0.25) is 14.7 Å². The van der Waals surface area contributed by atoms with Crippen LogP contribution in [0, 0.1) is 11.8 Å². The summed E-state index contributed by atoms with van der Waals surface area (Å²) in [6.45, 7) is 1.62. The number of rotatable bonds is 6. The normalized spacial score (nSPS) is 21.3. The summed E-state index contributed by atoms with van der Waals surface area (Å²) in [6, 6.07) is 11.2. The second-order valence-corrected chi connectivity index (χ2v) is 8.66. The number of alkyl halides is 3. The molecule has 2 fully saturated rings. The molecule has 0 unspecified atom stereocenters. The number of pyridine rings is 1. The van der Waals surface area contributed by atoms with Crippen LogP contribution < -0.4 is 5.32 Å². The van der Waals surface area contributed by atoms with E-state index in [4.69, 9.17) is 0 Å². The van der Waals surface area contributed by atoms with Crippen LogP contribution in [-0.4, -0.2) is 28.9 Å². The zero-order chi connectivity index (χ0) is 21.8. The summed E-state index contributed by atoms with van der Waals surface area (Å²) in [5, 5.41) is 3.22. The fraction of sp³-hybridized carbons (Fsp3) is 0.500. The monoisotopic (exact) mass is 431 g/mol. The lowest BCUT2D eigenvalue weighted by molar-refractivity contribution is -0.138. The molecule has 166 valence electrons. The fourth-order valence-electron chi connectivity index (χ4n) is 4.62. The van der Waals surface area contributed by atoms with E-state index in [9.17, 15) is 18.0 Å². The maximum atomic E-state index is 13.4. The first-order valence-electron chi connectivity index (χ1n) is 11.0. The number of amides is 1. The molecule has 2 atom stereocenters. The summed E-state index contributed by atoms with van der Waals surface area (Å²) < 4.78 is 40.2. The van der Waals surface area contributed by atoms with Gasteiger partial charge in [-0.25, -0.2) is 0 Å². The number of carbonyl (C=O) groups excluding carboxylic acids is 1. The van der Waals surface area contributed by atoms with Gasteiger partial charge in [-0.05, 0) is 61.9 Å². The molecule has 1 aromatic heterocycles. The number of piperidine rings is 1. The molecule has 1 saturated carbocycles. The van der Waals surface area contributed by atoms with Gasteiger partial charge in [-0.15, -0.1) is 0 Å². The number of nitrogens with zero attached hydrogens (tertiary/aromatic N) is 2. The van der Waals surface area contributed by atoms with Crippen molar-refractivity contribution in [1.82, 2.24) is 15.2 Å². The Hall–Kier alpha value is -2.41. The quantitative estimate of drug-likeness (QED) is 0.702. The average Bonchev–Trinajstić information content (AvgIpc) is 2.71.